The van der Waals surface area contributed by atoms with Crippen molar-refractivity contribution in [2.24, 2.45) is 0 Å². The Bertz CT molecular complexity index is 526. The first-order valence-electron chi connectivity index (χ1n) is 7.40. The van der Waals surface area contributed by atoms with Gasteiger partial charge in [0.2, 0.25) is 0 Å². The zero-order chi connectivity index (χ0) is 16.1. The normalized spacial score (nSPS) is 19.7. The molecule has 1 unspecified atom stereocenters. The van der Waals surface area contributed by atoms with E-state index in [4.69, 9.17) is 5.11 Å². The van der Waals surface area contributed by atoms with Gasteiger partial charge in [-0.2, -0.15) is 0 Å². The molecule has 0 aromatic heterocycles. The SMILES string of the molecule is CN1CCN(C(=O)[C@H](O)CC(=O)O)C(Cc2ccccc2)C1.[LiH]. The van der Waals surface area contributed by atoms with E-state index < -0.39 is 24.4 Å². The molecule has 122 valence electrons. The summed E-state index contributed by atoms with van der Waals surface area (Å²) < 4.78 is 0. The van der Waals surface area contributed by atoms with Crippen LogP contribution in [-0.4, -0.2) is 89.6 Å². The first kappa shape index (κ1) is 19.7. The molecule has 1 aliphatic heterocycles. The molecule has 0 bridgehead atoms. The van der Waals surface area contributed by atoms with E-state index in [0.29, 0.717) is 19.5 Å². The summed E-state index contributed by atoms with van der Waals surface area (Å²) in [6, 6.07) is 9.80. The molecule has 1 amide bonds. The molecule has 2 rings (SSSR count). The first-order chi connectivity index (χ1) is 10.5. The molecule has 1 aliphatic rings. The number of carbonyl (C=O) groups is 2. The first-order valence-corrected chi connectivity index (χ1v) is 7.40. The summed E-state index contributed by atoms with van der Waals surface area (Å²) in [6.45, 7) is 1.93. The number of benzene rings is 1. The Hall–Kier alpha value is -1.32. The van der Waals surface area contributed by atoms with Crippen molar-refractivity contribution in [1.82, 2.24) is 9.80 Å². The summed E-state index contributed by atoms with van der Waals surface area (Å²) in [5, 5.41) is 18.5. The number of hydrogen-bond donors (Lipinski definition) is 2. The predicted octanol–water partition coefficient (Wildman–Crippen LogP) is -0.441. The van der Waals surface area contributed by atoms with Crippen molar-refractivity contribution < 1.29 is 19.8 Å². The number of carboxylic acids is 1. The molecule has 1 saturated heterocycles. The van der Waals surface area contributed by atoms with Gasteiger partial charge in [-0.05, 0) is 19.0 Å². The molecular weight excluding hydrogens is 291 g/mol. The number of piperazine rings is 1. The average Bonchev–Trinajstić information content (AvgIpc) is 2.47. The van der Waals surface area contributed by atoms with Crippen LogP contribution in [-0.2, 0) is 16.0 Å². The van der Waals surface area contributed by atoms with Gasteiger partial charge in [-0.3, -0.25) is 9.59 Å². The topological polar surface area (TPSA) is 81.1 Å². The van der Waals surface area contributed by atoms with Gasteiger partial charge in [-0.25, -0.2) is 0 Å². The summed E-state index contributed by atoms with van der Waals surface area (Å²) in [7, 11) is 1.99. The Labute approximate surface area is 148 Å². The molecule has 23 heavy (non-hydrogen) atoms. The van der Waals surface area contributed by atoms with Crippen LogP contribution in [0, 0.1) is 0 Å². The van der Waals surface area contributed by atoms with Crippen LogP contribution >= 0.6 is 0 Å². The number of nitrogens with zero attached hydrogens (tertiary/aromatic N) is 2. The fourth-order valence-electron chi connectivity index (χ4n) is 2.81. The minimum atomic E-state index is -1.47. The molecule has 2 atom stereocenters. The van der Waals surface area contributed by atoms with E-state index in [2.05, 4.69) is 4.90 Å². The molecule has 6 nitrogen and oxygen atoms in total. The van der Waals surface area contributed by atoms with E-state index in [1.807, 2.05) is 37.4 Å². The van der Waals surface area contributed by atoms with Crippen LogP contribution in [0.2, 0.25) is 0 Å². The Morgan fingerprint density at radius 1 is 1.26 bits per heavy atom. The van der Waals surface area contributed by atoms with Gasteiger partial charge in [-0.15, -0.1) is 0 Å². The van der Waals surface area contributed by atoms with Crippen LogP contribution in [0.15, 0.2) is 30.3 Å². The monoisotopic (exact) mass is 314 g/mol. The van der Waals surface area contributed by atoms with Gasteiger partial charge < -0.3 is 20.0 Å². The Morgan fingerprint density at radius 2 is 1.91 bits per heavy atom. The van der Waals surface area contributed by atoms with Crippen LogP contribution in [0.3, 0.4) is 0 Å². The molecule has 0 aliphatic carbocycles. The van der Waals surface area contributed by atoms with Crippen molar-refractivity contribution in [3.8, 4) is 0 Å². The molecule has 1 fully saturated rings. The van der Waals surface area contributed by atoms with Crippen molar-refractivity contribution in [1.29, 1.82) is 0 Å². The van der Waals surface area contributed by atoms with Gasteiger partial charge in [0.15, 0.2) is 0 Å². The second-order valence-corrected chi connectivity index (χ2v) is 5.75. The number of carboxylic acid groups (broad SMARTS) is 1. The van der Waals surface area contributed by atoms with Crippen molar-refractivity contribution in [2.75, 3.05) is 26.7 Å². The Morgan fingerprint density at radius 3 is 2.52 bits per heavy atom. The maximum absolute atomic E-state index is 12.3. The molecule has 1 aromatic carbocycles. The third-order valence-corrected chi connectivity index (χ3v) is 3.94. The molecule has 0 saturated carbocycles. The van der Waals surface area contributed by atoms with Crippen LogP contribution in [0.5, 0.6) is 0 Å². The van der Waals surface area contributed by atoms with Crippen molar-refractivity contribution in [3.63, 3.8) is 0 Å². The number of carbonyl (C=O) groups excluding carboxylic acids is 1. The van der Waals surface area contributed by atoms with E-state index in [0.717, 1.165) is 12.1 Å². The number of likely N-dealkylation sites (N-methyl/N-ethyl adjacent to an activating group) is 1. The van der Waals surface area contributed by atoms with E-state index in [-0.39, 0.29) is 24.9 Å². The fourth-order valence-corrected chi connectivity index (χ4v) is 2.81. The van der Waals surface area contributed by atoms with Crippen LogP contribution < -0.4 is 0 Å². The van der Waals surface area contributed by atoms with E-state index in [9.17, 15) is 14.7 Å². The van der Waals surface area contributed by atoms with Crippen LogP contribution in [0.1, 0.15) is 12.0 Å². The Kier molecular flexibility index (Phi) is 7.80. The summed E-state index contributed by atoms with van der Waals surface area (Å²) in [5.74, 6) is -1.66. The zero-order valence-electron chi connectivity index (χ0n) is 12.7. The number of aliphatic carboxylic acids is 1. The molecule has 1 aromatic rings. The summed E-state index contributed by atoms with van der Waals surface area (Å²) in [4.78, 5) is 26.8. The molecule has 7 heteroatoms. The van der Waals surface area contributed by atoms with Crippen molar-refractivity contribution in [2.45, 2.75) is 25.0 Å². The third kappa shape index (κ3) is 5.67. The summed E-state index contributed by atoms with van der Waals surface area (Å²) >= 11 is 0. The number of aliphatic hydroxyl groups is 1. The van der Waals surface area contributed by atoms with Crippen molar-refractivity contribution in [3.05, 3.63) is 35.9 Å². The van der Waals surface area contributed by atoms with Crippen LogP contribution in [0.25, 0.3) is 0 Å². The average molecular weight is 314 g/mol. The van der Waals surface area contributed by atoms with Gasteiger partial charge in [0.1, 0.15) is 6.10 Å². The molecule has 0 spiro atoms. The molecule has 0 radical (unpaired) electrons. The maximum atomic E-state index is 12.3. The Balaban J connectivity index is 0.00000264. The minimum absolute atomic E-state index is 0. The number of amides is 1. The molecular formula is C16H23LiN2O4. The van der Waals surface area contributed by atoms with Gasteiger partial charge in [-0.1, -0.05) is 30.3 Å². The quantitative estimate of drug-likeness (QED) is 0.720. The summed E-state index contributed by atoms with van der Waals surface area (Å²) in [6.07, 6.45) is -1.33. The second-order valence-electron chi connectivity index (χ2n) is 5.75. The fraction of sp³-hybridized carbons (Fsp3) is 0.500. The van der Waals surface area contributed by atoms with Gasteiger partial charge in [0.25, 0.3) is 5.91 Å². The van der Waals surface area contributed by atoms with Crippen molar-refractivity contribution >= 4 is 30.7 Å². The predicted molar refractivity (Wildman–Crippen MR) is 88.6 cm³/mol. The molecule has 2 N–H and O–H groups in total. The van der Waals surface area contributed by atoms with Gasteiger partial charge >= 0.3 is 24.8 Å². The summed E-state index contributed by atoms with van der Waals surface area (Å²) in [5.41, 5.74) is 1.12. The third-order valence-electron chi connectivity index (χ3n) is 3.94. The zero-order valence-corrected chi connectivity index (χ0v) is 12.7. The van der Waals surface area contributed by atoms with E-state index in [1.54, 1.807) is 4.90 Å². The van der Waals surface area contributed by atoms with Gasteiger partial charge in [0, 0.05) is 25.7 Å². The number of aliphatic hydroxyl groups excluding tert-OH is 1. The standard InChI is InChI=1S/C16H22N2O4.Li.H/c1-17-7-8-18(16(22)14(19)10-15(20)21)13(11-17)9-12-5-3-2-4-6-12;;/h2-6,13-14,19H,7-11H2,1H3,(H,20,21);;/t13?,14-;;/m1../s1. The molecule has 1 heterocycles. The second kappa shape index (κ2) is 9.09. The van der Waals surface area contributed by atoms with Crippen LogP contribution in [0.4, 0.5) is 0 Å². The van der Waals surface area contributed by atoms with Gasteiger partial charge in [0.05, 0.1) is 6.42 Å². The van der Waals surface area contributed by atoms with E-state index >= 15 is 0 Å². The number of rotatable bonds is 5. The number of hydrogen-bond acceptors (Lipinski definition) is 4. The van der Waals surface area contributed by atoms with E-state index in [1.165, 1.54) is 0 Å².